The molecule has 5 heteroatoms. The molecule has 19 heavy (non-hydrogen) atoms. The van der Waals surface area contributed by atoms with Gasteiger partial charge in [-0.3, -0.25) is 0 Å². The monoisotopic (exact) mass is 278 g/mol. The number of nitrogens with two attached hydrogens (primary N) is 1. The van der Waals surface area contributed by atoms with Gasteiger partial charge < -0.3 is 14.9 Å². The van der Waals surface area contributed by atoms with Crippen molar-refractivity contribution < 1.29 is 9.15 Å². The molecule has 2 N–H and O–H groups in total. The van der Waals surface area contributed by atoms with Crippen LogP contribution in [0.1, 0.15) is 17.0 Å². The maximum atomic E-state index is 5.72. The van der Waals surface area contributed by atoms with Crippen molar-refractivity contribution in [2.45, 2.75) is 25.6 Å². The number of aromatic nitrogens is 1. The van der Waals surface area contributed by atoms with Crippen LogP contribution in [0.15, 0.2) is 33.9 Å². The normalized spacial score (nSPS) is 10.7. The number of hydrogen-bond acceptors (Lipinski definition) is 5. The van der Waals surface area contributed by atoms with Gasteiger partial charge in [0, 0.05) is 17.9 Å². The van der Waals surface area contributed by atoms with Crippen LogP contribution in [0, 0.1) is 13.8 Å². The molecule has 0 saturated heterocycles. The first-order chi connectivity index (χ1) is 9.20. The number of rotatable bonds is 6. The molecule has 0 aliphatic rings. The number of thioether (sulfide) groups is 1. The first-order valence-corrected chi connectivity index (χ1v) is 7.17. The van der Waals surface area contributed by atoms with Crippen LogP contribution in [-0.2, 0) is 6.54 Å². The van der Waals surface area contributed by atoms with Crippen LogP contribution in [0.4, 0.5) is 0 Å². The number of nitrogens with zero attached hydrogens (tertiary/aromatic N) is 1. The standard InChI is InChI=1S/C14H18N2O2S/c1-10-11(2)18-14(16-10)19-8-7-17-13-6-4-3-5-12(13)9-15/h3-6H,7-9,15H2,1-2H3. The molecule has 1 heterocycles. The number of para-hydroxylation sites is 1. The minimum atomic E-state index is 0.488. The fraction of sp³-hybridized carbons (Fsp3) is 0.357. The molecule has 0 saturated carbocycles. The molecule has 0 fully saturated rings. The molecule has 0 amide bonds. The number of aryl methyl sites for hydroxylation is 2. The van der Waals surface area contributed by atoms with Gasteiger partial charge in [0.05, 0.1) is 12.3 Å². The fourth-order valence-corrected chi connectivity index (χ4v) is 2.33. The van der Waals surface area contributed by atoms with E-state index in [4.69, 9.17) is 14.9 Å². The summed E-state index contributed by atoms with van der Waals surface area (Å²) in [5, 5.41) is 0.700. The van der Waals surface area contributed by atoms with Gasteiger partial charge in [0.25, 0.3) is 5.22 Å². The second kappa shape index (κ2) is 6.63. The molecule has 1 aromatic heterocycles. The molecule has 0 bridgehead atoms. The first kappa shape index (κ1) is 14.0. The lowest BCUT2D eigenvalue weighted by Gasteiger charge is -2.09. The van der Waals surface area contributed by atoms with Gasteiger partial charge in [-0.05, 0) is 19.9 Å². The Bertz CT molecular complexity index is 520. The van der Waals surface area contributed by atoms with E-state index in [1.165, 1.54) is 0 Å². The van der Waals surface area contributed by atoms with E-state index < -0.39 is 0 Å². The third-order valence-corrected chi connectivity index (χ3v) is 3.56. The highest BCUT2D eigenvalue weighted by molar-refractivity contribution is 7.99. The molecule has 2 aromatic rings. The molecule has 0 spiro atoms. The van der Waals surface area contributed by atoms with Gasteiger partial charge >= 0.3 is 0 Å². The van der Waals surface area contributed by atoms with Gasteiger partial charge in [0.1, 0.15) is 11.5 Å². The molecule has 1 aromatic carbocycles. The smallest absolute Gasteiger partial charge is 0.256 e. The third kappa shape index (κ3) is 3.75. The van der Waals surface area contributed by atoms with E-state index in [0.717, 1.165) is 28.5 Å². The quantitative estimate of drug-likeness (QED) is 0.650. The Balaban J connectivity index is 1.80. The molecular formula is C14H18N2O2S. The summed E-state index contributed by atoms with van der Waals surface area (Å²) in [5.41, 5.74) is 7.62. The van der Waals surface area contributed by atoms with Crippen LogP contribution < -0.4 is 10.5 Å². The summed E-state index contributed by atoms with van der Waals surface area (Å²) >= 11 is 1.55. The Morgan fingerprint density at radius 2 is 2.11 bits per heavy atom. The Labute approximate surface area is 117 Å². The predicted molar refractivity (Wildman–Crippen MR) is 76.5 cm³/mol. The van der Waals surface area contributed by atoms with E-state index in [0.29, 0.717) is 18.4 Å². The van der Waals surface area contributed by atoms with Gasteiger partial charge in [-0.25, -0.2) is 4.98 Å². The zero-order valence-corrected chi connectivity index (χ0v) is 12.0. The second-order valence-corrected chi connectivity index (χ2v) is 5.18. The molecule has 0 atom stereocenters. The third-order valence-electron chi connectivity index (χ3n) is 2.77. The topological polar surface area (TPSA) is 61.3 Å². The van der Waals surface area contributed by atoms with Crippen molar-refractivity contribution in [2.75, 3.05) is 12.4 Å². The molecule has 4 nitrogen and oxygen atoms in total. The lowest BCUT2D eigenvalue weighted by atomic mass is 10.2. The highest BCUT2D eigenvalue weighted by Crippen LogP contribution is 2.21. The van der Waals surface area contributed by atoms with Gasteiger partial charge in [0.15, 0.2) is 0 Å². The fourth-order valence-electron chi connectivity index (χ4n) is 1.60. The minimum Gasteiger partial charge on any atom is -0.492 e. The molecule has 0 unspecified atom stereocenters. The van der Waals surface area contributed by atoms with E-state index in [2.05, 4.69) is 4.98 Å². The highest BCUT2D eigenvalue weighted by atomic mass is 32.2. The Kier molecular flexibility index (Phi) is 4.87. The van der Waals surface area contributed by atoms with E-state index >= 15 is 0 Å². The summed E-state index contributed by atoms with van der Waals surface area (Å²) in [6, 6.07) is 7.82. The van der Waals surface area contributed by atoms with Crippen LogP contribution in [0.3, 0.4) is 0 Å². The summed E-state index contributed by atoms with van der Waals surface area (Å²) in [6.07, 6.45) is 0. The van der Waals surface area contributed by atoms with Crippen molar-refractivity contribution in [1.29, 1.82) is 0 Å². The maximum absolute atomic E-state index is 5.72. The average Bonchev–Trinajstić information content (AvgIpc) is 2.74. The largest absolute Gasteiger partial charge is 0.492 e. The maximum Gasteiger partial charge on any atom is 0.256 e. The number of hydrogen-bond donors (Lipinski definition) is 1. The summed E-state index contributed by atoms with van der Waals surface area (Å²) in [5.74, 6) is 2.51. The number of ether oxygens (including phenoxy) is 1. The van der Waals surface area contributed by atoms with Gasteiger partial charge in [-0.1, -0.05) is 30.0 Å². The van der Waals surface area contributed by atoms with Crippen LogP contribution in [0.25, 0.3) is 0 Å². The van der Waals surface area contributed by atoms with Crippen LogP contribution in [0.5, 0.6) is 5.75 Å². The highest BCUT2D eigenvalue weighted by Gasteiger charge is 2.06. The van der Waals surface area contributed by atoms with Gasteiger partial charge in [0.2, 0.25) is 0 Å². The van der Waals surface area contributed by atoms with E-state index in [-0.39, 0.29) is 0 Å². The summed E-state index contributed by atoms with van der Waals surface area (Å²) in [6.45, 7) is 4.95. The van der Waals surface area contributed by atoms with Crippen LogP contribution >= 0.6 is 11.8 Å². The number of oxazole rings is 1. The van der Waals surface area contributed by atoms with E-state index in [9.17, 15) is 0 Å². The molecule has 0 radical (unpaired) electrons. The lowest BCUT2D eigenvalue weighted by molar-refractivity contribution is 0.339. The molecule has 2 rings (SSSR count). The molecular weight excluding hydrogens is 260 g/mol. The van der Waals surface area contributed by atoms with Crippen molar-refractivity contribution in [3.63, 3.8) is 0 Å². The lowest BCUT2D eigenvalue weighted by Crippen LogP contribution is -2.05. The van der Waals surface area contributed by atoms with Crippen molar-refractivity contribution in [3.05, 3.63) is 41.3 Å². The zero-order valence-electron chi connectivity index (χ0n) is 11.2. The van der Waals surface area contributed by atoms with Gasteiger partial charge in [-0.15, -0.1) is 0 Å². The predicted octanol–water partition coefficient (Wildman–Crippen LogP) is 2.92. The number of benzene rings is 1. The van der Waals surface area contributed by atoms with Crippen molar-refractivity contribution in [3.8, 4) is 5.75 Å². The average molecular weight is 278 g/mol. The van der Waals surface area contributed by atoms with Crippen molar-refractivity contribution >= 4 is 11.8 Å². The van der Waals surface area contributed by atoms with E-state index in [1.807, 2.05) is 38.1 Å². The SMILES string of the molecule is Cc1nc(SCCOc2ccccc2CN)oc1C. The van der Waals surface area contributed by atoms with Crippen molar-refractivity contribution in [1.82, 2.24) is 4.98 Å². The Morgan fingerprint density at radius 3 is 2.79 bits per heavy atom. The van der Waals surface area contributed by atoms with Crippen LogP contribution in [-0.4, -0.2) is 17.3 Å². The van der Waals surface area contributed by atoms with Crippen LogP contribution in [0.2, 0.25) is 0 Å². The molecule has 0 aliphatic heterocycles. The summed E-state index contributed by atoms with van der Waals surface area (Å²) in [7, 11) is 0. The minimum absolute atomic E-state index is 0.488. The van der Waals surface area contributed by atoms with E-state index in [1.54, 1.807) is 11.8 Å². The summed E-state index contributed by atoms with van der Waals surface area (Å²) < 4.78 is 11.2. The Hall–Kier alpha value is -1.46. The zero-order chi connectivity index (χ0) is 13.7. The van der Waals surface area contributed by atoms with Crippen molar-refractivity contribution in [2.24, 2.45) is 5.73 Å². The Morgan fingerprint density at radius 1 is 1.32 bits per heavy atom. The molecule has 102 valence electrons. The molecule has 0 aliphatic carbocycles. The summed E-state index contributed by atoms with van der Waals surface area (Å²) in [4.78, 5) is 4.31. The first-order valence-electron chi connectivity index (χ1n) is 6.18. The second-order valence-electron chi connectivity index (χ2n) is 4.13. The van der Waals surface area contributed by atoms with Gasteiger partial charge in [-0.2, -0.15) is 0 Å².